The van der Waals surface area contributed by atoms with E-state index in [4.69, 9.17) is 16.3 Å². The molecule has 34 heavy (non-hydrogen) atoms. The maximum absolute atomic E-state index is 14.4. The molecule has 11 heteroatoms. The Labute approximate surface area is 196 Å². The quantitative estimate of drug-likeness (QED) is 0.433. The first-order chi connectivity index (χ1) is 15.8. The summed E-state index contributed by atoms with van der Waals surface area (Å²) in [6.45, 7) is 6.39. The first-order valence-corrected chi connectivity index (χ1v) is 10.4. The van der Waals surface area contributed by atoms with E-state index in [1.807, 2.05) is 0 Å². The second kappa shape index (κ2) is 8.06. The number of methoxy groups -OCH3 is 1. The first kappa shape index (κ1) is 24.2. The predicted molar refractivity (Wildman–Crippen MR) is 118 cm³/mol. The molecule has 3 aromatic rings. The molecule has 0 amide bonds. The smallest absolute Gasteiger partial charge is 0.420 e. The highest BCUT2D eigenvalue weighted by atomic mass is 35.5. The van der Waals surface area contributed by atoms with Crippen molar-refractivity contribution >= 4 is 33.8 Å². The topological polar surface area (TPSA) is 67.3 Å². The average Bonchev–Trinajstić information content (AvgIpc) is 2.77. The molecule has 0 radical (unpaired) electrons. The second-order valence-electron chi connectivity index (χ2n) is 8.09. The van der Waals surface area contributed by atoms with Gasteiger partial charge in [-0.15, -0.1) is 0 Å². The number of aliphatic hydroxyl groups is 1. The lowest BCUT2D eigenvalue weighted by molar-refractivity contribution is -0.279. The minimum atomic E-state index is -5.14. The number of benzene rings is 2. The molecule has 1 aromatic heterocycles. The summed E-state index contributed by atoms with van der Waals surface area (Å²) in [6.07, 6.45) is -3.97. The van der Waals surface area contributed by atoms with E-state index in [1.54, 1.807) is 0 Å². The second-order valence-corrected chi connectivity index (χ2v) is 8.50. The Balaban J connectivity index is 2.02. The largest absolute Gasteiger partial charge is 0.495 e. The van der Waals surface area contributed by atoms with Crippen molar-refractivity contribution in [1.29, 1.82) is 0 Å². The summed E-state index contributed by atoms with van der Waals surface area (Å²) in [5, 5.41) is 13.8. The van der Waals surface area contributed by atoms with Crippen molar-refractivity contribution in [2.24, 2.45) is 5.92 Å². The molecule has 5 nitrogen and oxygen atoms in total. The lowest BCUT2D eigenvalue weighted by atomic mass is 9.67. The number of nitrogens with one attached hydrogen (secondary N) is 1. The highest BCUT2D eigenvalue weighted by Crippen LogP contribution is 2.57. The molecular formula is C23H19ClF5N3O2. The van der Waals surface area contributed by atoms with Crippen LogP contribution in [0.2, 0.25) is 5.02 Å². The molecule has 3 unspecified atom stereocenters. The minimum Gasteiger partial charge on any atom is -0.495 e. The number of rotatable bonds is 3. The zero-order valence-corrected chi connectivity index (χ0v) is 18.9. The van der Waals surface area contributed by atoms with E-state index < -0.39 is 40.9 Å². The fraction of sp³-hybridized carbons (Fsp3) is 0.304. The molecule has 2 aromatic carbocycles. The molecule has 2 N–H and O–H groups in total. The lowest BCUT2D eigenvalue weighted by Crippen LogP contribution is -2.59. The highest BCUT2D eigenvalue weighted by Gasteiger charge is 2.65. The van der Waals surface area contributed by atoms with Gasteiger partial charge < -0.3 is 15.2 Å². The summed E-state index contributed by atoms with van der Waals surface area (Å²) >= 11 is 6.20. The van der Waals surface area contributed by atoms with Gasteiger partial charge in [0.05, 0.1) is 18.2 Å². The monoisotopic (exact) mass is 499 g/mol. The zero-order chi connectivity index (χ0) is 25.2. The van der Waals surface area contributed by atoms with Crippen LogP contribution in [0.1, 0.15) is 29.9 Å². The zero-order valence-electron chi connectivity index (χ0n) is 18.2. The van der Waals surface area contributed by atoms with Crippen LogP contribution in [0, 0.1) is 24.5 Å². The standard InChI is InChI=1S/C23H19ClF5N3O2/c1-9-10(2)22(33,23(27,28)29)21(12-5-6-14(24)20(34-4)17(9)12)32-16-7-15(25)18(26)19-13(16)8-30-11(3)31-19/h5-8,10,21,32-33H,1H2,2-4H3. The van der Waals surface area contributed by atoms with Crippen LogP contribution in [0.5, 0.6) is 5.75 Å². The van der Waals surface area contributed by atoms with Gasteiger partial charge in [0, 0.05) is 34.8 Å². The van der Waals surface area contributed by atoms with E-state index in [1.165, 1.54) is 39.3 Å². The number of hydrogen-bond donors (Lipinski definition) is 2. The van der Waals surface area contributed by atoms with Crippen LogP contribution in [-0.4, -0.2) is 34.0 Å². The van der Waals surface area contributed by atoms with Crippen LogP contribution in [0.4, 0.5) is 27.6 Å². The number of anilines is 1. The number of nitrogens with zero attached hydrogens (tertiary/aromatic N) is 2. The van der Waals surface area contributed by atoms with Gasteiger partial charge in [-0.2, -0.15) is 13.2 Å². The third kappa shape index (κ3) is 3.39. The Hall–Kier alpha value is -2.98. The molecule has 1 heterocycles. The molecule has 0 saturated carbocycles. The maximum atomic E-state index is 14.4. The number of aryl methyl sites for hydroxylation is 1. The van der Waals surface area contributed by atoms with Crippen LogP contribution in [0.3, 0.4) is 0 Å². The Kier molecular flexibility index (Phi) is 5.72. The third-order valence-electron chi connectivity index (χ3n) is 6.24. The van der Waals surface area contributed by atoms with Gasteiger partial charge >= 0.3 is 6.18 Å². The fourth-order valence-electron chi connectivity index (χ4n) is 4.40. The van der Waals surface area contributed by atoms with Gasteiger partial charge in [0.15, 0.2) is 17.2 Å². The van der Waals surface area contributed by atoms with Crippen molar-refractivity contribution in [3.63, 3.8) is 0 Å². The lowest BCUT2D eigenvalue weighted by Gasteiger charge is -2.48. The molecule has 3 atom stereocenters. The summed E-state index contributed by atoms with van der Waals surface area (Å²) in [7, 11) is 1.30. The first-order valence-electron chi connectivity index (χ1n) is 10.0. The summed E-state index contributed by atoms with van der Waals surface area (Å²) in [5.41, 5.74) is -3.91. The molecule has 0 spiro atoms. The predicted octanol–water partition coefficient (Wildman–Crippen LogP) is 5.99. The summed E-state index contributed by atoms with van der Waals surface area (Å²) in [5.74, 6) is -3.93. The van der Waals surface area contributed by atoms with Crippen LogP contribution < -0.4 is 10.1 Å². The normalized spacial score (nSPS) is 22.6. The molecule has 0 saturated heterocycles. The van der Waals surface area contributed by atoms with Crippen LogP contribution in [0.15, 0.2) is 31.0 Å². The Morgan fingerprint density at radius 3 is 2.56 bits per heavy atom. The number of halogens is 6. The average molecular weight is 500 g/mol. The van der Waals surface area contributed by atoms with Crippen LogP contribution >= 0.6 is 11.6 Å². The third-order valence-corrected chi connectivity index (χ3v) is 6.54. The van der Waals surface area contributed by atoms with Gasteiger partial charge in [0.1, 0.15) is 17.1 Å². The van der Waals surface area contributed by atoms with Gasteiger partial charge in [-0.25, -0.2) is 18.7 Å². The Bertz CT molecular complexity index is 1330. The summed E-state index contributed by atoms with van der Waals surface area (Å²) in [6, 6.07) is 1.45. The molecular weight excluding hydrogens is 481 g/mol. The SMILES string of the molecule is C=C1c2c(ccc(Cl)c2OC)C(Nc2cc(F)c(F)c3nc(C)ncc23)C(O)(C(F)(F)F)C1C. The van der Waals surface area contributed by atoms with E-state index in [2.05, 4.69) is 21.9 Å². The van der Waals surface area contributed by atoms with Crippen molar-refractivity contribution in [2.75, 3.05) is 12.4 Å². The van der Waals surface area contributed by atoms with Gasteiger partial charge in [-0.1, -0.05) is 31.2 Å². The molecule has 0 aliphatic heterocycles. The molecule has 1 aliphatic carbocycles. The summed E-state index contributed by atoms with van der Waals surface area (Å²) < 4.78 is 77.4. The van der Waals surface area contributed by atoms with E-state index in [0.29, 0.717) is 6.07 Å². The van der Waals surface area contributed by atoms with Gasteiger partial charge in [0.25, 0.3) is 0 Å². The maximum Gasteiger partial charge on any atom is 0.420 e. The fourth-order valence-corrected chi connectivity index (χ4v) is 4.63. The molecule has 180 valence electrons. The van der Waals surface area contributed by atoms with Crippen molar-refractivity contribution in [3.05, 3.63) is 64.6 Å². The highest BCUT2D eigenvalue weighted by molar-refractivity contribution is 6.32. The van der Waals surface area contributed by atoms with Crippen molar-refractivity contribution in [1.82, 2.24) is 9.97 Å². The number of aromatic nitrogens is 2. The van der Waals surface area contributed by atoms with Gasteiger partial charge in [-0.3, -0.25) is 0 Å². The van der Waals surface area contributed by atoms with E-state index in [9.17, 15) is 27.1 Å². The van der Waals surface area contributed by atoms with E-state index in [-0.39, 0.29) is 44.4 Å². The van der Waals surface area contributed by atoms with Gasteiger partial charge in [0.2, 0.25) is 0 Å². The number of alkyl halides is 3. The number of hydrogen-bond acceptors (Lipinski definition) is 5. The molecule has 0 fully saturated rings. The van der Waals surface area contributed by atoms with Gasteiger partial charge in [-0.05, 0) is 24.1 Å². The van der Waals surface area contributed by atoms with Crippen molar-refractivity contribution < 1.29 is 31.8 Å². The molecule has 0 bridgehead atoms. The van der Waals surface area contributed by atoms with Crippen LogP contribution in [-0.2, 0) is 0 Å². The molecule has 1 aliphatic rings. The Morgan fingerprint density at radius 1 is 1.26 bits per heavy atom. The van der Waals surface area contributed by atoms with Crippen molar-refractivity contribution in [2.45, 2.75) is 31.7 Å². The Morgan fingerprint density at radius 2 is 1.94 bits per heavy atom. The van der Waals surface area contributed by atoms with E-state index >= 15 is 0 Å². The van der Waals surface area contributed by atoms with Crippen LogP contribution in [0.25, 0.3) is 16.5 Å². The molecule has 4 rings (SSSR count). The number of fused-ring (bicyclic) bond motifs is 2. The van der Waals surface area contributed by atoms with E-state index in [0.717, 1.165) is 0 Å². The van der Waals surface area contributed by atoms with Crippen molar-refractivity contribution in [3.8, 4) is 5.75 Å². The minimum absolute atomic E-state index is 0.0323. The number of ether oxygens (including phenoxy) is 1. The summed E-state index contributed by atoms with van der Waals surface area (Å²) in [4.78, 5) is 7.83.